The van der Waals surface area contributed by atoms with E-state index < -0.39 is 0 Å². The van der Waals surface area contributed by atoms with Gasteiger partial charge < -0.3 is 4.90 Å². The molecular weight excluding hydrogens is 567 g/mol. The van der Waals surface area contributed by atoms with E-state index in [1.807, 2.05) is 0 Å². The number of fused-ring (bicyclic) bond motifs is 13. The van der Waals surface area contributed by atoms with Gasteiger partial charge in [0.05, 0.1) is 0 Å². The van der Waals surface area contributed by atoms with Crippen molar-refractivity contribution in [1.29, 1.82) is 0 Å². The van der Waals surface area contributed by atoms with Crippen molar-refractivity contribution in [1.82, 2.24) is 0 Å². The van der Waals surface area contributed by atoms with Crippen LogP contribution in [-0.4, -0.2) is 0 Å². The zero-order valence-corrected chi connectivity index (χ0v) is 25.7. The topological polar surface area (TPSA) is 3.24 Å². The summed E-state index contributed by atoms with van der Waals surface area (Å²) in [4.78, 5) is 2.43. The van der Waals surface area contributed by atoms with E-state index in [9.17, 15) is 0 Å². The molecule has 0 aliphatic heterocycles. The Balaban J connectivity index is 1.29. The first-order chi connectivity index (χ1) is 23.3. The summed E-state index contributed by atoms with van der Waals surface area (Å²) in [6, 6.07) is 64.7. The largest absolute Gasteiger partial charge is 0.310 e. The first-order valence-corrected chi connectivity index (χ1v) is 16.3. The Labute approximate surface area is 272 Å². The average Bonchev–Trinajstić information content (AvgIpc) is 3.15. The number of hydrogen-bond acceptors (Lipinski definition) is 1. The lowest BCUT2D eigenvalue weighted by atomic mass is 9.93. The van der Waals surface area contributed by atoms with Crippen LogP contribution in [-0.2, 0) is 0 Å². The molecule has 10 aromatic rings. The highest BCUT2D eigenvalue weighted by Gasteiger charge is 2.18. The molecule has 0 amide bonds. The zero-order chi connectivity index (χ0) is 30.9. The third-order valence-electron chi connectivity index (χ3n) is 9.96. The fraction of sp³-hybridized carbons (Fsp3) is 0. The van der Waals surface area contributed by atoms with Gasteiger partial charge in [0.15, 0.2) is 0 Å². The van der Waals surface area contributed by atoms with Crippen LogP contribution in [0.15, 0.2) is 176 Å². The number of rotatable bonds is 3. The van der Waals surface area contributed by atoms with E-state index in [0.29, 0.717) is 0 Å². The molecule has 0 radical (unpaired) electrons. The monoisotopic (exact) mass is 595 g/mol. The summed E-state index contributed by atoms with van der Waals surface area (Å²) < 4.78 is 0. The third-order valence-corrected chi connectivity index (χ3v) is 9.96. The first kappa shape index (κ1) is 26.1. The predicted molar refractivity (Wildman–Crippen MR) is 204 cm³/mol. The molecule has 218 valence electrons. The second-order valence-electron chi connectivity index (χ2n) is 12.5. The van der Waals surface area contributed by atoms with Gasteiger partial charge >= 0.3 is 0 Å². The van der Waals surface area contributed by atoms with E-state index in [-0.39, 0.29) is 0 Å². The Bertz CT molecular complexity index is 2630. The molecule has 0 aromatic heterocycles. The van der Waals surface area contributed by atoms with E-state index in [1.165, 1.54) is 75.4 Å². The summed E-state index contributed by atoms with van der Waals surface area (Å²) in [6.45, 7) is 0. The molecule has 1 nitrogen and oxygen atoms in total. The van der Waals surface area contributed by atoms with Crippen LogP contribution in [0.1, 0.15) is 0 Å². The lowest BCUT2D eigenvalue weighted by Gasteiger charge is -2.27. The van der Waals surface area contributed by atoms with Crippen molar-refractivity contribution < 1.29 is 0 Å². The Hall–Kier alpha value is -6.18. The van der Waals surface area contributed by atoms with E-state index in [0.717, 1.165) is 17.1 Å². The molecule has 0 heterocycles. The summed E-state index contributed by atoms with van der Waals surface area (Å²) >= 11 is 0. The molecule has 0 aliphatic rings. The number of nitrogens with zero attached hydrogens (tertiary/aromatic N) is 1. The minimum absolute atomic E-state index is 1.14. The van der Waals surface area contributed by atoms with Crippen molar-refractivity contribution in [3.05, 3.63) is 176 Å². The maximum atomic E-state index is 2.43. The second kappa shape index (κ2) is 10.2. The fourth-order valence-corrected chi connectivity index (χ4v) is 7.83. The van der Waals surface area contributed by atoms with Gasteiger partial charge in [-0.25, -0.2) is 0 Å². The first-order valence-electron chi connectivity index (χ1n) is 16.3. The maximum absolute atomic E-state index is 2.43. The molecule has 0 saturated carbocycles. The molecule has 47 heavy (non-hydrogen) atoms. The molecule has 0 unspecified atom stereocenters. The highest BCUT2D eigenvalue weighted by molar-refractivity contribution is 6.27. The minimum atomic E-state index is 1.14. The SMILES string of the molecule is c1ccc2cc(N(c3ccc4c5ccccc5c5ccccc5c4c3)c3ccc4c5ccccc5c5ccccc5c4c3)ccc2c1. The van der Waals surface area contributed by atoms with Gasteiger partial charge in [-0.3, -0.25) is 0 Å². The molecule has 0 atom stereocenters. The molecule has 1 heteroatoms. The van der Waals surface area contributed by atoms with Crippen LogP contribution in [0.3, 0.4) is 0 Å². The van der Waals surface area contributed by atoms with Crippen molar-refractivity contribution in [2.24, 2.45) is 0 Å². The van der Waals surface area contributed by atoms with Crippen LogP contribution in [0.5, 0.6) is 0 Å². The van der Waals surface area contributed by atoms with E-state index in [2.05, 4.69) is 181 Å². The van der Waals surface area contributed by atoms with Gasteiger partial charge in [-0.1, -0.05) is 140 Å². The Morgan fingerprint density at radius 1 is 0.213 bits per heavy atom. The normalized spacial score (nSPS) is 11.8. The molecule has 0 saturated heterocycles. The van der Waals surface area contributed by atoms with Crippen molar-refractivity contribution in [3.63, 3.8) is 0 Å². The second-order valence-corrected chi connectivity index (χ2v) is 12.5. The highest BCUT2D eigenvalue weighted by Crippen LogP contribution is 2.43. The van der Waals surface area contributed by atoms with Gasteiger partial charge in [0.25, 0.3) is 0 Å². The Kier molecular flexibility index (Phi) is 5.64. The molecule has 0 spiro atoms. The van der Waals surface area contributed by atoms with Gasteiger partial charge in [-0.15, -0.1) is 0 Å². The minimum Gasteiger partial charge on any atom is -0.310 e. The zero-order valence-electron chi connectivity index (χ0n) is 25.7. The standard InChI is InChI=1S/C46H29N/c1-2-12-31-27-32(22-21-30(31)11-1)47(33-23-25-43-39-17-5-3-13-35(39)37-15-7-9-19-41(37)45(43)28-33)34-24-26-44-40-18-6-4-14-36(40)38-16-8-10-20-42(38)46(44)29-34/h1-29H. The maximum Gasteiger partial charge on any atom is 0.0468 e. The van der Waals surface area contributed by atoms with Crippen LogP contribution in [0.2, 0.25) is 0 Å². The molecule has 10 rings (SSSR count). The smallest absolute Gasteiger partial charge is 0.0468 e. The average molecular weight is 596 g/mol. The molecule has 0 aliphatic carbocycles. The van der Waals surface area contributed by atoms with Crippen LogP contribution < -0.4 is 4.90 Å². The predicted octanol–water partition coefficient (Wildman–Crippen LogP) is 13.2. The van der Waals surface area contributed by atoms with E-state index >= 15 is 0 Å². The van der Waals surface area contributed by atoms with Crippen LogP contribution >= 0.6 is 0 Å². The van der Waals surface area contributed by atoms with Gasteiger partial charge in [-0.05, 0) is 112 Å². The number of anilines is 3. The fourth-order valence-electron chi connectivity index (χ4n) is 7.83. The van der Waals surface area contributed by atoms with Gasteiger partial charge in [0.2, 0.25) is 0 Å². The van der Waals surface area contributed by atoms with E-state index in [1.54, 1.807) is 0 Å². The lowest BCUT2D eigenvalue weighted by Crippen LogP contribution is -2.10. The van der Waals surface area contributed by atoms with Crippen molar-refractivity contribution in [2.75, 3.05) is 4.90 Å². The summed E-state index contributed by atoms with van der Waals surface area (Å²) in [7, 11) is 0. The number of benzene rings is 10. The molecule has 10 aromatic carbocycles. The summed E-state index contributed by atoms with van der Waals surface area (Å²) in [5.74, 6) is 0. The van der Waals surface area contributed by atoms with Crippen molar-refractivity contribution in [2.45, 2.75) is 0 Å². The molecule has 0 fully saturated rings. The van der Waals surface area contributed by atoms with Gasteiger partial charge in [-0.2, -0.15) is 0 Å². The summed E-state index contributed by atoms with van der Waals surface area (Å²) in [5.41, 5.74) is 3.41. The Morgan fingerprint density at radius 2 is 0.511 bits per heavy atom. The van der Waals surface area contributed by atoms with Crippen LogP contribution in [0.4, 0.5) is 17.1 Å². The molecule has 0 N–H and O–H groups in total. The van der Waals surface area contributed by atoms with Gasteiger partial charge in [0.1, 0.15) is 0 Å². The van der Waals surface area contributed by atoms with Crippen LogP contribution in [0, 0.1) is 0 Å². The third kappa shape index (κ3) is 3.97. The highest BCUT2D eigenvalue weighted by atomic mass is 15.1. The van der Waals surface area contributed by atoms with Gasteiger partial charge in [0, 0.05) is 17.1 Å². The summed E-state index contributed by atoms with van der Waals surface area (Å²) in [5, 5.41) is 17.8. The number of hydrogen-bond donors (Lipinski definition) is 0. The van der Waals surface area contributed by atoms with Crippen LogP contribution in [0.25, 0.3) is 75.4 Å². The molecular formula is C46H29N. The summed E-state index contributed by atoms with van der Waals surface area (Å²) in [6.07, 6.45) is 0. The van der Waals surface area contributed by atoms with Crippen molar-refractivity contribution in [3.8, 4) is 0 Å². The quantitative estimate of drug-likeness (QED) is 0.184. The molecule has 0 bridgehead atoms. The lowest BCUT2D eigenvalue weighted by molar-refractivity contribution is 1.30. The Morgan fingerprint density at radius 3 is 0.936 bits per heavy atom. The van der Waals surface area contributed by atoms with Crippen molar-refractivity contribution >= 4 is 92.5 Å². The van der Waals surface area contributed by atoms with E-state index in [4.69, 9.17) is 0 Å².